The number of hydrogen-bond donors (Lipinski definition) is 4. The number of fused-ring (bicyclic) bond motifs is 2. The summed E-state index contributed by atoms with van der Waals surface area (Å²) in [6.45, 7) is 4.17. The number of hydrogen-bond acceptors (Lipinski definition) is 6. The van der Waals surface area contributed by atoms with Gasteiger partial charge in [0.1, 0.15) is 23.1 Å². The molecule has 2 aromatic heterocycles. The number of nitrogens with one attached hydrogen (secondary N) is 4. The molecule has 0 aliphatic rings. The van der Waals surface area contributed by atoms with E-state index in [-0.39, 0.29) is 13.1 Å². The minimum atomic E-state index is -0.409. The van der Waals surface area contributed by atoms with Gasteiger partial charge < -0.3 is 30.1 Å². The number of aryl methyl sites for hydroxylation is 2. The van der Waals surface area contributed by atoms with Gasteiger partial charge in [-0.15, -0.1) is 0 Å². The molecule has 6 aromatic rings. The van der Waals surface area contributed by atoms with Gasteiger partial charge in [-0.05, 0) is 48.2 Å². The summed E-state index contributed by atoms with van der Waals surface area (Å²) in [4.78, 5) is 30.0. The zero-order valence-electron chi connectivity index (χ0n) is 27.3. The molecule has 4 aromatic carbocycles. The lowest BCUT2D eigenvalue weighted by atomic mass is 9.95. The molecule has 0 saturated carbocycles. The molecular weight excluding hydrogens is 641 g/mol. The second-order valence-electron chi connectivity index (χ2n) is 10.6. The van der Waals surface area contributed by atoms with Crippen molar-refractivity contribution in [2.45, 2.75) is 13.8 Å². The van der Waals surface area contributed by atoms with Crippen molar-refractivity contribution in [1.82, 2.24) is 20.6 Å². The van der Waals surface area contributed by atoms with E-state index in [1.165, 1.54) is 47.2 Å². The summed E-state index contributed by atoms with van der Waals surface area (Å²) in [5, 5.41) is 8.45. The van der Waals surface area contributed by atoms with Crippen LogP contribution < -0.4 is 10.6 Å². The fourth-order valence-electron chi connectivity index (χ4n) is 4.90. The third kappa shape index (κ3) is 9.37. The molecule has 0 fully saturated rings. The van der Waals surface area contributed by atoms with E-state index in [9.17, 15) is 9.59 Å². The summed E-state index contributed by atoms with van der Waals surface area (Å²) >= 11 is 10.9. The minimum absolute atomic E-state index is 0.0234. The van der Waals surface area contributed by atoms with Crippen LogP contribution in [0.1, 0.15) is 22.3 Å². The Hall–Kier alpha value is -5.32. The molecule has 0 atom stereocenters. The average Bonchev–Trinajstić information content (AvgIpc) is 3.71. The number of methoxy groups -OCH3 is 2. The van der Waals surface area contributed by atoms with E-state index < -0.39 is 11.9 Å². The number of esters is 2. The van der Waals surface area contributed by atoms with Crippen LogP contribution in [0.25, 0.3) is 32.9 Å². The lowest BCUT2D eigenvalue weighted by Crippen LogP contribution is -2.30. The first kappa shape index (κ1) is 35.5. The SMILES string of the molecule is COC(=O)CNC(=S)c1ccccc1-c1ccccc1C(=S)NCC(=O)OC.Cc1c[nH]c2ccccc12.Cc1c[nH]c2ccccc12. The van der Waals surface area contributed by atoms with Crippen molar-refractivity contribution < 1.29 is 19.1 Å². The van der Waals surface area contributed by atoms with E-state index in [0.717, 1.165) is 22.3 Å². The maximum Gasteiger partial charge on any atom is 0.325 e. The maximum absolute atomic E-state index is 11.4. The predicted octanol–water partition coefficient (Wildman–Crippen LogP) is 7.18. The largest absolute Gasteiger partial charge is 0.468 e. The second kappa shape index (κ2) is 17.6. The van der Waals surface area contributed by atoms with Gasteiger partial charge in [0, 0.05) is 45.3 Å². The first-order chi connectivity index (χ1) is 23.2. The van der Waals surface area contributed by atoms with Gasteiger partial charge in [-0.25, -0.2) is 0 Å². The number of ether oxygens (including phenoxy) is 2. The summed E-state index contributed by atoms with van der Waals surface area (Å²) in [6.07, 6.45) is 4.06. The van der Waals surface area contributed by atoms with Crippen molar-refractivity contribution in [3.63, 3.8) is 0 Å². The number of para-hydroxylation sites is 2. The van der Waals surface area contributed by atoms with Crippen molar-refractivity contribution in [3.05, 3.63) is 132 Å². The van der Waals surface area contributed by atoms with Crippen molar-refractivity contribution in [2.24, 2.45) is 0 Å². The molecule has 0 radical (unpaired) electrons. The fraction of sp³-hybridized carbons (Fsp3) is 0.158. The Kier molecular flexibility index (Phi) is 13.0. The summed E-state index contributed by atoms with van der Waals surface area (Å²) in [7, 11) is 2.64. The van der Waals surface area contributed by atoms with Crippen LogP contribution in [0.5, 0.6) is 0 Å². The number of carbonyl (C=O) groups is 2. The van der Waals surface area contributed by atoms with Crippen LogP contribution in [0.3, 0.4) is 0 Å². The molecule has 0 aliphatic carbocycles. The summed E-state index contributed by atoms with van der Waals surface area (Å²) < 4.78 is 9.27. The van der Waals surface area contributed by atoms with E-state index in [1.807, 2.05) is 73.1 Å². The number of benzene rings is 4. The Labute approximate surface area is 290 Å². The Morgan fingerprint density at radius 1 is 0.583 bits per heavy atom. The first-order valence-electron chi connectivity index (χ1n) is 15.2. The molecule has 0 saturated heterocycles. The van der Waals surface area contributed by atoms with E-state index in [0.29, 0.717) is 9.98 Å². The number of aromatic amines is 2. The maximum atomic E-state index is 11.4. The van der Waals surface area contributed by atoms with Gasteiger partial charge in [0.25, 0.3) is 0 Å². The second-order valence-corrected chi connectivity index (χ2v) is 11.5. The number of thiocarbonyl (C=S) groups is 2. The third-order valence-electron chi connectivity index (χ3n) is 7.47. The van der Waals surface area contributed by atoms with Crippen molar-refractivity contribution in [1.29, 1.82) is 0 Å². The van der Waals surface area contributed by atoms with E-state index in [1.54, 1.807) is 0 Å². The van der Waals surface area contributed by atoms with Crippen molar-refractivity contribution in [3.8, 4) is 11.1 Å². The molecule has 0 bridgehead atoms. The first-order valence-corrected chi connectivity index (χ1v) is 16.0. The van der Waals surface area contributed by atoms with E-state index >= 15 is 0 Å². The summed E-state index contributed by atoms with van der Waals surface area (Å²) in [6, 6.07) is 31.7. The highest BCUT2D eigenvalue weighted by atomic mass is 32.1. The van der Waals surface area contributed by atoms with Crippen LogP contribution in [0.4, 0.5) is 0 Å². The van der Waals surface area contributed by atoms with Crippen molar-refractivity contribution >= 4 is 68.2 Å². The smallest absolute Gasteiger partial charge is 0.325 e. The van der Waals surface area contributed by atoms with Gasteiger partial charge in [-0.2, -0.15) is 0 Å². The van der Waals surface area contributed by atoms with Gasteiger partial charge in [0.05, 0.1) is 14.2 Å². The Morgan fingerprint density at radius 3 is 1.31 bits per heavy atom. The molecule has 0 amide bonds. The molecule has 246 valence electrons. The lowest BCUT2D eigenvalue weighted by molar-refractivity contribution is -0.140. The molecule has 4 N–H and O–H groups in total. The fourth-order valence-corrected chi connectivity index (χ4v) is 5.41. The van der Waals surface area contributed by atoms with Gasteiger partial charge in [-0.1, -0.05) is 109 Å². The zero-order valence-corrected chi connectivity index (χ0v) is 28.9. The van der Waals surface area contributed by atoms with Crippen LogP contribution in [0.2, 0.25) is 0 Å². The van der Waals surface area contributed by atoms with Crippen LogP contribution in [0, 0.1) is 13.8 Å². The number of H-pyrrole nitrogens is 2. The van der Waals surface area contributed by atoms with E-state index in [4.69, 9.17) is 24.4 Å². The molecule has 0 unspecified atom stereocenters. The number of rotatable bonds is 7. The van der Waals surface area contributed by atoms with Gasteiger partial charge >= 0.3 is 11.9 Å². The highest BCUT2D eigenvalue weighted by molar-refractivity contribution is 7.81. The minimum Gasteiger partial charge on any atom is -0.468 e. The lowest BCUT2D eigenvalue weighted by Gasteiger charge is -2.16. The van der Waals surface area contributed by atoms with Crippen molar-refractivity contribution in [2.75, 3.05) is 27.3 Å². The van der Waals surface area contributed by atoms with Crippen LogP contribution in [0.15, 0.2) is 109 Å². The summed E-state index contributed by atoms with van der Waals surface area (Å²) in [5.74, 6) is -0.818. The third-order valence-corrected chi connectivity index (χ3v) is 8.20. The number of carbonyl (C=O) groups excluding carboxylic acids is 2. The monoisotopic (exact) mass is 678 g/mol. The Bertz CT molecular complexity index is 1890. The molecule has 0 aliphatic heterocycles. The normalized spacial score (nSPS) is 10.2. The quantitative estimate of drug-likeness (QED) is 0.104. The highest BCUT2D eigenvalue weighted by Gasteiger charge is 2.15. The van der Waals surface area contributed by atoms with Gasteiger partial charge in [0.15, 0.2) is 0 Å². The predicted molar refractivity (Wildman–Crippen MR) is 201 cm³/mol. The van der Waals surface area contributed by atoms with Crippen LogP contribution in [-0.2, 0) is 19.1 Å². The van der Waals surface area contributed by atoms with Gasteiger partial charge in [0.2, 0.25) is 0 Å². The summed E-state index contributed by atoms with van der Waals surface area (Å²) in [5.41, 5.74) is 8.28. The van der Waals surface area contributed by atoms with Crippen LogP contribution in [-0.4, -0.2) is 59.2 Å². The molecule has 10 heteroatoms. The highest BCUT2D eigenvalue weighted by Crippen LogP contribution is 2.28. The molecule has 48 heavy (non-hydrogen) atoms. The molecule has 2 heterocycles. The standard InChI is InChI=1S/C20H20N2O4S2.2C9H9N/c1-25-17(23)11-21-19(27)15-9-5-3-7-13(15)14-8-4-6-10-16(14)20(28)22-12-18(24)26-2;2*1-7-6-10-9-5-3-2-4-8(7)9/h3-10H,11-12H2,1-2H3,(H,21,27)(H,22,28);2*2-6,10H,1H3. The van der Waals surface area contributed by atoms with Crippen LogP contribution >= 0.6 is 24.4 Å². The van der Waals surface area contributed by atoms with E-state index in [2.05, 4.69) is 80.3 Å². The number of aromatic nitrogens is 2. The Balaban J connectivity index is 0.000000207. The molecule has 8 nitrogen and oxygen atoms in total. The average molecular weight is 679 g/mol. The molecule has 6 rings (SSSR count). The molecule has 0 spiro atoms. The molecular formula is C38H38N4O4S2. The van der Waals surface area contributed by atoms with Gasteiger partial charge in [-0.3, -0.25) is 9.59 Å². The Morgan fingerprint density at radius 2 is 0.938 bits per heavy atom. The zero-order chi connectivity index (χ0) is 34.5. The topological polar surface area (TPSA) is 108 Å².